The summed E-state index contributed by atoms with van der Waals surface area (Å²) in [4.78, 5) is 11.8. The minimum absolute atomic E-state index is 0.0313. The van der Waals surface area contributed by atoms with E-state index in [2.05, 4.69) is 5.32 Å². The van der Waals surface area contributed by atoms with Crippen LogP contribution < -0.4 is 14.8 Å². The number of ether oxygens (including phenoxy) is 2. The van der Waals surface area contributed by atoms with Crippen molar-refractivity contribution in [3.63, 3.8) is 0 Å². The van der Waals surface area contributed by atoms with Crippen molar-refractivity contribution < 1.29 is 19.4 Å². The number of hydrogen-bond acceptors (Lipinski definition) is 4. The standard InChI is InChI=1S/C14H21NO4/c1-9(2)19-12-6-5-11(7-13(12)18-4)14(17)15-8-10(3)16/h5-7,9-10,16H,8H2,1-4H3,(H,15,17). The van der Waals surface area contributed by atoms with Crippen LogP contribution in [0, 0.1) is 0 Å². The summed E-state index contributed by atoms with van der Waals surface area (Å²) in [7, 11) is 1.53. The molecule has 1 amide bonds. The summed E-state index contributed by atoms with van der Waals surface area (Å²) < 4.78 is 10.8. The van der Waals surface area contributed by atoms with Gasteiger partial charge in [-0.05, 0) is 39.0 Å². The summed E-state index contributed by atoms with van der Waals surface area (Å²) in [5.41, 5.74) is 0.466. The Labute approximate surface area is 113 Å². The Bertz CT molecular complexity index is 429. The van der Waals surface area contributed by atoms with E-state index in [1.165, 1.54) is 7.11 Å². The van der Waals surface area contributed by atoms with Crippen molar-refractivity contribution in [3.8, 4) is 11.5 Å². The van der Waals surface area contributed by atoms with Crippen LogP contribution >= 0.6 is 0 Å². The Hall–Kier alpha value is -1.75. The highest BCUT2D eigenvalue weighted by molar-refractivity contribution is 5.94. The lowest BCUT2D eigenvalue weighted by atomic mass is 10.2. The van der Waals surface area contributed by atoms with Crippen molar-refractivity contribution in [2.45, 2.75) is 33.0 Å². The Morgan fingerprint density at radius 1 is 1.32 bits per heavy atom. The van der Waals surface area contributed by atoms with Crippen molar-refractivity contribution in [2.75, 3.05) is 13.7 Å². The van der Waals surface area contributed by atoms with Crippen molar-refractivity contribution in [1.29, 1.82) is 0 Å². The third-order valence-corrected chi connectivity index (χ3v) is 2.35. The Morgan fingerprint density at radius 3 is 2.53 bits per heavy atom. The largest absolute Gasteiger partial charge is 0.493 e. The van der Waals surface area contributed by atoms with E-state index >= 15 is 0 Å². The van der Waals surface area contributed by atoms with Crippen LogP contribution in [0.3, 0.4) is 0 Å². The van der Waals surface area contributed by atoms with Crippen LogP contribution in [0.15, 0.2) is 18.2 Å². The fraction of sp³-hybridized carbons (Fsp3) is 0.500. The molecule has 0 heterocycles. The summed E-state index contributed by atoms with van der Waals surface area (Å²) >= 11 is 0. The second-order valence-electron chi connectivity index (χ2n) is 4.59. The molecule has 0 saturated heterocycles. The van der Waals surface area contributed by atoms with Crippen LogP contribution in [0.1, 0.15) is 31.1 Å². The van der Waals surface area contributed by atoms with Crippen molar-refractivity contribution >= 4 is 5.91 Å². The van der Waals surface area contributed by atoms with Gasteiger partial charge in [0.2, 0.25) is 0 Å². The van der Waals surface area contributed by atoms with Crippen molar-refractivity contribution in [3.05, 3.63) is 23.8 Å². The predicted molar refractivity (Wildman–Crippen MR) is 72.8 cm³/mol. The number of methoxy groups -OCH3 is 1. The second-order valence-corrected chi connectivity index (χ2v) is 4.59. The van der Waals surface area contributed by atoms with Gasteiger partial charge in [0.05, 0.1) is 19.3 Å². The monoisotopic (exact) mass is 267 g/mol. The first-order chi connectivity index (χ1) is 8.93. The maximum atomic E-state index is 11.8. The number of hydrogen-bond donors (Lipinski definition) is 2. The Morgan fingerprint density at radius 2 is 2.00 bits per heavy atom. The third-order valence-electron chi connectivity index (χ3n) is 2.35. The zero-order valence-electron chi connectivity index (χ0n) is 11.8. The first-order valence-corrected chi connectivity index (χ1v) is 6.25. The van der Waals surface area contributed by atoms with Crippen molar-refractivity contribution in [1.82, 2.24) is 5.32 Å². The normalized spacial score (nSPS) is 12.1. The molecular weight excluding hydrogens is 246 g/mol. The number of nitrogens with one attached hydrogen (secondary N) is 1. The molecule has 5 nitrogen and oxygen atoms in total. The maximum Gasteiger partial charge on any atom is 0.251 e. The van der Waals surface area contributed by atoms with Gasteiger partial charge in [-0.3, -0.25) is 4.79 Å². The topological polar surface area (TPSA) is 67.8 Å². The SMILES string of the molecule is COc1cc(C(=O)NCC(C)O)ccc1OC(C)C. The Balaban J connectivity index is 2.84. The van der Waals surface area contributed by atoms with Crippen LogP contribution in [-0.2, 0) is 0 Å². The van der Waals surface area contributed by atoms with Gasteiger partial charge in [0.15, 0.2) is 11.5 Å². The predicted octanol–water partition coefficient (Wildman–Crippen LogP) is 1.59. The molecule has 1 aromatic rings. The van der Waals surface area contributed by atoms with Gasteiger partial charge in [0.25, 0.3) is 5.91 Å². The molecular formula is C14H21NO4. The van der Waals surface area contributed by atoms with Crippen LogP contribution in [0.5, 0.6) is 11.5 Å². The molecule has 0 fully saturated rings. The maximum absolute atomic E-state index is 11.8. The quantitative estimate of drug-likeness (QED) is 0.821. The molecule has 0 saturated carbocycles. The first-order valence-electron chi connectivity index (χ1n) is 6.25. The molecule has 2 N–H and O–H groups in total. The second kappa shape index (κ2) is 6.99. The fourth-order valence-electron chi connectivity index (χ4n) is 1.50. The van der Waals surface area contributed by atoms with Crippen molar-refractivity contribution in [2.24, 2.45) is 0 Å². The average molecular weight is 267 g/mol. The van der Waals surface area contributed by atoms with Gasteiger partial charge < -0.3 is 19.9 Å². The number of carbonyl (C=O) groups excluding carboxylic acids is 1. The number of carbonyl (C=O) groups is 1. The molecule has 0 aromatic heterocycles. The molecule has 1 unspecified atom stereocenters. The van der Waals surface area contributed by atoms with E-state index in [9.17, 15) is 4.79 Å². The Kier molecular flexibility index (Phi) is 5.63. The van der Waals surface area contributed by atoms with E-state index in [0.717, 1.165) is 0 Å². The zero-order chi connectivity index (χ0) is 14.4. The summed E-state index contributed by atoms with van der Waals surface area (Å²) in [5, 5.41) is 11.8. The summed E-state index contributed by atoms with van der Waals surface area (Å²) in [6.07, 6.45) is -0.543. The molecule has 0 aliphatic heterocycles. The van der Waals surface area contributed by atoms with E-state index in [1.54, 1.807) is 25.1 Å². The zero-order valence-corrected chi connectivity index (χ0v) is 11.8. The summed E-state index contributed by atoms with van der Waals surface area (Å²) in [6, 6.07) is 4.99. The van der Waals surface area contributed by atoms with E-state index in [1.807, 2.05) is 13.8 Å². The van der Waals surface area contributed by atoms with Crippen LogP contribution in [0.4, 0.5) is 0 Å². The number of rotatable bonds is 6. The van der Waals surface area contributed by atoms with Gasteiger partial charge in [0, 0.05) is 12.1 Å². The highest BCUT2D eigenvalue weighted by Gasteiger charge is 2.12. The lowest BCUT2D eigenvalue weighted by molar-refractivity contribution is 0.0923. The van der Waals surface area contributed by atoms with Gasteiger partial charge in [-0.25, -0.2) is 0 Å². The van der Waals surface area contributed by atoms with Gasteiger partial charge in [-0.2, -0.15) is 0 Å². The highest BCUT2D eigenvalue weighted by Crippen LogP contribution is 2.28. The summed E-state index contributed by atoms with van der Waals surface area (Å²) in [5.74, 6) is 0.860. The minimum atomic E-state index is -0.575. The molecule has 106 valence electrons. The smallest absolute Gasteiger partial charge is 0.251 e. The average Bonchev–Trinajstić information content (AvgIpc) is 2.35. The molecule has 0 aliphatic carbocycles. The van der Waals surface area contributed by atoms with Gasteiger partial charge in [-0.15, -0.1) is 0 Å². The lowest BCUT2D eigenvalue weighted by Crippen LogP contribution is -2.30. The van der Waals surface area contributed by atoms with E-state index in [-0.39, 0.29) is 18.6 Å². The van der Waals surface area contributed by atoms with Crippen LogP contribution in [0.25, 0.3) is 0 Å². The molecule has 1 aromatic carbocycles. The van der Waals surface area contributed by atoms with Crippen LogP contribution in [0.2, 0.25) is 0 Å². The summed E-state index contributed by atoms with van der Waals surface area (Å²) in [6.45, 7) is 5.66. The molecule has 1 atom stereocenters. The van der Waals surface area contributed by atoms with Crippen LogP contribution in [-0.4, -0.2) is 36.9 Å². The first kappa shape index (κ1) is 15.3. The van der Waals surface area contributed by atoms with Gasteiger partial charge in [-0.1, -0.05) is 0 Å². The molecule has 0 spiro atoms. The fourth-order valence-corrected chi connectivity index (χ4v) is 1.50. The third kappa shape index (κ3) is 4.79. The number of amides is 1. The molecule has 19 heavy (non-hydrogen) atoms. The number of aliphatic hydroxyl groups is 1. The van der Waals surface area contributed by atoms with E-state index < -0.39 is 6.10 Å². The van der Waals surface area contributed by atoms with E-state index in [0.29, 0.717) is 17.1 Å². The van der Waals surface area contributed by atoms with E-state index in [4.69, 9.17) is 14.6 Å². The highest BCUT2D eigenvalue weighted by atomic mass is 16.5. The number of aliphatic hydroxyl groups excluding tert-OH is 1. The number of benzene rings is 1. The van der Waals surface area contributed by atoms with Gasteiger partial charge in [0.1, 0.15) is 0 Å². The molecule has 1 rings (SSSR count). The molecule has 0 radical (unpaired) electrons. The lowest BCUT2D eigenvalue weighted by Gasteiger charge is -2.14. The van der Waals surface area contributed by atoms with Gasteiger partial charge >= 0.3 is 0 Å². The minimum Gasteiger partial charge on any atom is -0.493 e. The molecule has 5 heteroatoms. The molecule has 0 aliphatic rings. The molecule has 0 bridgehead atoms.